The number of ether oxygens (including phenoxy) is 1. The molecule has 7 heteroatoms. The minimum Gasteiger partial charge on any atom is -0.368 e. The molecule has 0 saturated carbocycles. The molecule has 2 aromatic rings. The van der Waals surface area contributed by atoms with E-state index in [0.717, 1.165) is 17.7 Å². The molecule has 29 heavy (non-hydrogen) atoms. The second-order valence-corrected chi connectivity index (χ2v) is 7.68. The minimum atomic E-state index is -0.270. The number of para-hydroxylation sites is 1. The fourth-order valence-electron chi connectivity index (χ4n) is 4.12. The first-order chi connectivity index (χ1) is 14.2. The number of benzene rings is 2. The van der Waals surface area contributed by atoms with Crippen molar-refractivity contribution in [2.45, 2.75) is 18.6 Å². The van der Waals surface area contributed by atoms with Crippen molar-refractivity contribution >= 4 is 17.5 Å². The van der Waals surface area contributed by atoms with Crippen LogP contribution >= 0.6 is 0 Å². The lowest BCUT2D eigenvalue weighted by Gasteiger charge is -2.38. The molecule has 7 nitrogen and oxygen atoms in total. The number of hydrazine groups is 1. The van der Waals surface area contributed by atoms with E-state index in [9.17, 15) is 9.59 Å². The van der Waals surface area contributed by atoms with Crippen LogP contribution in [0.1, 0.15) is 33.9 Å². The van der Waals surface area contributed by atoms with E-state index in [0.29, 0.717) is 38.3 Å². The normalized spacial score (nSPS) is 23.2. The molecule has 3 aliphatic heterocycles. The molecule has 0 aromatic heterocycles. The second-order valence-electron chi connectivity index (χ2n) is 7.68. The maximum Gasteiger partial charge on any atom is 0.253 e. The van der Waals surface area contributed by atoms with Crippen molar-refractivity contribution in [3.63, 3.8) is 0 Å². The van der Waals surface area contributed by atoms with Gasteiger partial charge in [-0.15, -0.1) is 0 Å². The van der Waals surface area contributed by atoms with Crippen molar-refractivity contribution in [1.29, 1.82) is 0 Å². The SMILES string of the molecule is O=C(c1ccc(C2NNc3ccccc32)cc1)N1CCN(C(=O)C2CCO2)CC1. The van der Waals surface area contributed by atoms with Crippen LogP contribution in [0.2, 0.25) is 0 Å². The van der Waals surface area contributed by atoms with Gasteiger partial charge in [-0.2, -0.15) is 0 Å². The van der Waals surface area contributed by atoms with Gasteiger partial charge in [0.05, 0.1) is 18.3 Å². The highest BCUT2D eigenvalue weighted by Gasteiger charge is 2.33. The van der Waals surface area contributed by atoms with Crippen LogP contribution in [0.25, 0.3) is 0 Å². The van der Waals surface area contributed by atoms with E-state index in [4.69, 9.17) is 4.74 Å². The molecule has 150 valence electrons. The Morgan fingerprint density at radius 1 is 0.931 bits per heavy atom. The number of nitrogens with one attached hydrogen (secondary N) is 2. The van der Waals surface area contributed by atoms with Gasteiger partial charge in [0.15, 0.2) is 0 Å². The zero-order valence-corrected chi connectivity index (χ0v) is 16.1. The lowest BCUT2D eigenvalue weighted by atomic mass is 9.98. The Balaban J connectivity index is 1.22. The third-order valence-electron chi connectivity index (χ3n) is 5.97. The van der Waals surface area contributed by atoms with Crippen molar-refractivity contribution in [2.24, 2.45) is 0 Å². The Labute approximate surface area is 169 Å². The summed E-state index contributed by atoms with van der Waals surface area (Å²) in [6, 6.07) is 16.0. The summed E-state index contributed by atoms with van der Waals surface area (Å²) in [6.45, 7) is 2.91. The van der Waals surface area contributed by atoms with Crippen LogP contribution in [0.5, 0.6) is 0 Å². The van der Waals surface area contributed by atoms with Crippen molar-refractivity contribution in [2.75, 3.05) is 38.2 Å². The number of anilines is 1. The van der Waals surface area contributed by atoms with E-state index in [2.05, 4.69) is 16.9 Å². The molecule has 0 bridgehead atoms. The monoisotopic (exact) mass is 392 g/mol. The van der Waals surface area contributed by atoms with Crippen molar-refractivity contribution in [3.05, 3.63) is 65.2 Å². The summed E-state index contributed by atoms with van der Waals surface area (Å²) < 4.78 is 5.28. The molecule has 5 rings (SSSR count). The fourth-order valence-corrected chi connectivity index (χ4v) is 4.12. The molecule has 3 heterocycles. The highest BCUT2D eigenvalue weighted by molar-refractivity contribution is 5.94. The summed E-state index contributed by atoms with van der Waals surface area (Å²) in [4.78, 5) is 28.8. The summed E-state index contributed by atoms with van der Waals surface area (Å²) in [5, 5.41) is 0. The van der Waals surface area contributed by atoms with Gasteiger partial charge < -0.3 is 20.0 Å². The van der Waals surface area contributed by atoms with Crippen LogP contribution in [-0.4, -0.2) is 60.5 Å². The van der Waals surface area contributed by atoms with Gasteiger partial charge in [0, 0.05) is 38.2 Å². The number of piperazine rings is 1. The molecular weight excluding hydrogens is 368 g/mol. The molecular formula is C22H24N4O3. The summed E-state index contributed by atoms with van der Waals surface area (Å²) >= 11 is 0. The molecule has 2 N–H and O–H groups in total. The number of carbonyl (C=O) groups excluding carboxylic acids is 2. The largest absolute Gasteiger partial charge is 0.368 e. The third kappa shape index (κ3) is 3.36. The number of hydrogen-bond donors (Lipinski definition) is 2. The van der Waals surface area contributed by atoms with E-state index in [-0.39, 0.29) is 24.0 Å². The van der Waals surface area contributed by atoms with Crippen LogP contribution in [0.15, 0.2) is 48.5 Å². The van der Waals surface area contributed by atoms with Gasteiger partial charge in [0.1, 0.15) is 6.10 Å². The predicted octanol–water partition coefficient (Wildman–Crippen LogP) is 1.78. The second kappa shape index (κ2) is 7.50. The molecule has 2 fully saturated rings. The van der Waals surface area contributed by atoms with Crippen molar-refractivity contribution in [1.82, 2.24) is 15.2 Å². The number of nitrogens with zero attached hydrogens (tertiary/aromatic N) is 2. The smallest absolute Gasteiger partial charge is 0.253 e. The number of rotatable bonds is 3. The molecule has 0 spiro atoms. The molecule has 0 aliphatic carbocycles. The first kappa shape index (κ1) is 18.1. The standard InChI is InChI=1S/C22H24N4O3/c27-21(25-10-12-26(13-11-25)22(28)19-9-14-29-19)16-7-5-15(6-8-16)20-17-3-1-2-4-18(17)23-24-20/h1-8,19-20,23-24H,9-14H2. The fraction of sp³-hybridized carbons (Fsp3) is 0.364. The summed E-state index contributed by atoms with van der Waals surface area (Å²) in [5.74, 6) is 0.0760. The van der Waals surface area contributed by atoms with Crippen LogP contribution in [0.4, 0.5) is 5.69 Å². The van der Waals surface area contributed by atoms with Crippen LogP contribution in [0, 0.1) is 0 Å². The van der Waals surface area contributed by atoms with E-state index < -0.39 is 0 Å². The molecule has 2 unspecified atom stereocenters. The zero-order chi connectivity index (χ0) is 19.8. The first-order valence-corrected chi connectivity index (χ1v) is 10.1. The molecule has 2 saturated heterocycles. The Morgan fingerprint density at radius 3 is 2.31 bits per heavy atom. The summed E-state index contributed by atoms with van der Waals surface area (Å²) in [6.07, 6.45) is 0.536. The number of amides is 2. The Morgan fingerprint density at radius 2 is 1.62 bits per heavy atom. The quantitative estimate of drug-likeness (QED) is 0.833. The van der Waals surface area contributed by atoms with Crippen molar-refractivity contribution < 1.29 is 14.3 Å². The van der Waals surface area contributed by atoms with Gasteiger partial charge in [-0.05, 0) is 29.3 Å². The third-order valence-corrected chi connectivity index (χ3v) is 5.97. The average molecular weight is 392 g/mol. The van der Waals surface area contributed by atoms with Gasteiger partial charge in [-0.1, -0.05) is 30.3 Å². The number of fused-ring (bicyclic) bond motifs is 1. The Hall–Kier alpha value is -2.90. The van der Waals surface area contributed by atoms with Crippen LogP contribution in [0.3, 0.4) is 0 Å². The first-order valence-electron chi connectivity index (χ1n) is 10.1. The van der Waals surface area contributed by atoms with E-state index in [1.165, 1.54) is 5.56 Å². The highest BCUT2D eigenvalue weighted by atomic mass is 16.5. The highest BCUT2D eigenvalue weighted by Crippen LogP contribution is 2.32. The Kier molecular flexibility index (Phi) is 4.69. The maximum atomic E-state index is 12.9. The molecule has 3 aliphatic rings. The van der Waals surface area contributed by atoms with Gasteiger partial charge in [0.25, 0.3) is 11.8 Å². The Bertz CT molecular complexity index is 918. The molecule has 2 atom stereocenters. The van der Waals surface area contributed by atoms with Crippen LogP contribution < -0.4 is 10.9 Å². The minimum absolute atomic E-state index is 0.0152. The van der Waals surface area contributed by atoms with E-state index in [1.807, 2.05) is 52.3 Å². The average Bonchev–Trinajstić information content (AvgIpc) is 3.16. The number of carbonyl (C=O) groups is 2. The zero-order valence-electron chi connectivity index (χ0n) is 16.1. The molecule has 0 radical (unpaired) electrons. The van der Waals surface area contributed by atoms with Gasteiger partial charge >= 0.3 is 0 Å². The van der Waals surface area contributed by atoms with Gasteiger partial charge in [0.2, 0.25) is 0 Å². The van der Waals surface area contributed by atoms with Gasteiger partial charge in [-0.25, -0.2) is 5.43 Å². The topological polar surface area (TPSA) is 73.9 Å². The van der Waals surface area contributed by atoms with Gasteiger partial charge in [-0.3, -0.25) is 9.59 Å². The van der Waals surface area contributed by atoms with Crippen molar-refractivity contribution in [3.8, 4) is 0 Å². The molecule has 2 aromatic carbocycles. The number of hydrogen-bond acceptors (Lipinski definition) is 5. The molecule has 2 amide bonds. The predicted molar refractivity (Wildman–Crippen MR) is 108 cm³/mol. The summed E-state index contributed by atoms with van der Waals surface area (Å²) in [5.41, 5.74) is 10.6. The lowest BCUT2D eigenvalue weighted by Crippen LogP contribution is -2.54. The van der Waals surface area contributed by atoms with E-state index >= 15 is 0 Å². The maximum absolute atomic E-state index is 12.9. The van der Waals surface area contributed by atoms with Crippen LogP contribution in [-0.2, 0) is 9.53 Å². The summed E-state index contributed by atoms with van der Waals surface area (Å²) in [7, 11) is 0. The lowest BCUT2D eigenvalue weighted by molar-refractivity contribution is -0.157. The van der Waals surface area contributed by atoms with E-state index in [1.54, 1.807) is 0 Å².